The Morgan fingerprint density at radius 1 is 1.35 bits per heavy atom. The summed E-state index contributed by atoms with van der Waals surface area (Å²) in [5.41, 5.74) is 1.59. The molecule has 0 radical (unpaired) electrons. The second-order valence-corrected chi connectivity index (χ2v) is 5.27. The molecular formula is C15H19N3O2. The van der Waals surface area contributed by atoms with E-state index < -0.39 is 0 Å². The molecule has 0 saturated heterocycles. The highest BCUT2D eigenvalue weighted by molar-refractivity contribution is 5.88. The van der Waals surface area contributed by atoms with Crippen molar-refractivity contribution < 1.29 is 9.53 Å². The summed E-state index contributed by atoms with van der Waals surface area (Å²) in [5.74, 6) is 0.637. The Labute approximate surface area is 117 Å². The van der Waals surface area contributed by atoms with E-state index in [1.165, 1.54) is 32.1 Å². The molecule has 0 spiro atoms. The maximum absolute atomic E-state index is 10.6. The van der Waals surface area contributed by atoms with E-state index in [1.54, 1.807) is 7.11 Å². The van der Waals surface area contributed by atoms with Crippen LogP contribution in [0.25, 0.3) is 10.9 Å². The van der Waals surface area contributed by atoms with Gasteiger partial charge in [-0.2, -0.15) is 5.10 Å². The number of hydrogen-bond acceptors (Lipinski definition) is 3. The van der Waals surface area contributed by atoms with Gasteiger partial charge in [0.25, 0.3) is 0 Å². The van der Waals surface area contributed by atoms with Crippen LogP contribution in [0, 0.1) is 0 Å². The summed E-state index contributed by atoms with van der Waals surface area (Å²) >= 11 is 0. The molecule has 1 aliphatic carbocycles. The molecule has 0 aliphatic heterocycles. The van der Waals surface area contributed by atoms with Gasteiger partial charge in [-0.3, -0.25) is 9.48 Å². The Hall–Kier alpha value is -2.04. The van der Waals surface area contributed by atoms with Gasteiger partial charge in [-0.25, -0.2) is 0 Å². The lowest BCUT2D eigenvalue weighted by Gasteiger charge is -2.21. The number of ether oxygens (including phenoxy) is 1. The van der Waals surface area contributed by atoms with Crippen LogP contribution in [0.4, 0.5) is 5.69 Å². The van der Waals surface area contributed by atoms with E-state index in [-0.39, 0.29) is 0 Å². The summed E-state index contributed by atoms with van der Waals surface area (Å²) < 4.78 is 7.37. The number of hydrogen-bond donors (Lipinski definition) is 1. The fourth-order valence-electron chi connectivity index (χ4n) is 2.95. The predicted molar refractivity (Wildman–Crippen MR) is 78.1 cm³/mol. The summed E-state index contributed by atoms with van der Waals surface area (Å²) in [6, 6.07) is 4.29. The van der Waals surface area contributed by atoms with Crippen LogP contribution in [-0.4, -0.2) is 23.3 Å². The molecule has 1 aromatic heterocycles. The van der Waals surface area contributed by atoms with Crippen molar-refractivity contribution in [2.75, 3.05) is 12.4 Å². The molecule has 20 heavy (non-hydrogen) atoms. The van der Waals surface area contributed by atoms with Gasteiger partial charge in [0.2, 0.25) is 6.41 Å². The van der Waals surface area contributed by atoms with Crippen molar-refractivity contribution in [2.45, 2.75) is 38.1 Å². The minimum atomic E-state index is 0.504. The van der Waals surface area contributed by atoms with Crippen LogP contribution < -0.4 is 10.1 Å². The van der Waals surface area contributed by atoms with Crippen molar-refractivity contribution in [3.63, 3.8) is 0 Å². The van der Waals surface area contributed by atoms with Crippen LogP contribution in [-0.2, 0) is 4.79 Å². The number of amides is 1. The minimum Gasteiger partial charge on any atom is -0.494 e. The van der Waals surface area contributed by atoms with Gasteiger partial charge in [0.15, 0.2) is 0 Å². The van der Waals surface area contributed by atoms with Crippen molar-refractivity contribution in [2.24, 2.45) is 0 Å². The number of anilines is 1. The quantitative estimate of drug-likeness (QED) is 0.871. The smallest absolute Gasteiger partial charge is 0.211 e. The zero-order chi connectivity index (χ0) is 13.9. The van der Waals surface area contributed by atoms with Crippen LogP contribution in [0.3, 0.4) is 0 Å². The van der Waals surface area contributed by atoms with Crippen LogP contribution in [0.5, 0.6) is 5.75 Å². The van der Waals surface area contributed by atoms with Crippen LogP contribution in [0.2, 0.25) is 0 Å². The third-order valence-electron chi connectivity index (χ3n) is 4.01. The highest BCUT2D eigenvalue weighted by atomic mass is 16.5. The SMILES string of the molecule is COc1cc2nn(C3CCCCC3)cc2cc1NC=O. The molecule has 0 atom stereocenters. The number of benzene rings is 1. The molecule has 3 rings (SSSR count). The van der Waals surface area contributed by atoms with Gasteiger partial charge in [-0.05, 0) is 18.9 Å². The molecule has 5 nitrogen and oxygen atoms in total. The molecular weight excluding hydrogens is 254 g/mol. The lowest BCUT2D eigenvalue weighted by Crippen LogP contribution is -2.12. The Bertz CT molecular complexity index is 615. The molecule has 1 N–H and O–H groups in total. The van der Waals surface area contributed by atoms with E-state index >= 15 is 0 Å². The Balaban J connectivity index is 1.99. The third-order valence-corrected chi connectivity index (χ3v) is 4.01. The van der Waals surface area contributed by atoms with E-state index in [2.05, 4.69) is 21.3 Å². The number of nitrogens with zero attached hydrogens (tertiary/aromatic N) is 2. The summed E-state index contributed by atoms with van der Waals surface area (Å²) in [6.45, 7) is 0. The van der Waals surface area contributed by atoms with E-state index in [0.717, 1.165) is 10.9 Å². The molecule has 1 heterocycles. The predicted octanol–water partition coefficient (Wildman–Crippen LogP) is 3.12. The lowest BCUT2D eigenvalue weighted by molar-refractivity contribution is -0.105. The molecule has 1 amide bonds. The largest absolute Gasteiger partial charge is 0.494 e. The molecule has 1 saturated carbocycles. The molecule has 5 heteroatoms. The van der Waals surface area contributed by atoms with Crippen LogP contribution in [0.15, 0.2) is 18.3 Å². The second-order valence-electron chi connectivity index (χ2n) is 5.27. The molecule has 1 fully saturated rings. The van der Waals surface area contributed by atoms with Crippen molar-refractivity contribution in [1.82, 2.24) is 9.78 Å². The second kappa shape index (κ2) is 5.53. The number of rotatable bonds is 4. The summed E-state index contributed by atoms with van der Waals surface area (Å²) in [6.07, 6.45) is 9.02. The van der Waals surface area contributed by atoms with E-state index in [1.807, 2.05) is 12.1 Å². The van der Waals surface area contributed by atoms with Gasteiger partial charge < -0.3 is 10.1 Å². The zero-order valence-corrected chi connectivity index (χ0v) is 11.6. The van der Waals surface area contributed by atoms with Crippen molar-refractivity contribution in [3.8, 4) is 5.75 Å². The molecule has 0 bridgehead atoms. The average molecular weight is 273 g/mol. The Morgan fingerprint density at radius 3 is 2.85 bits per heavy atom. The molecule has 0 unspecified atom stereocenters. The molecule has 1 aliphatic rings. The topological polar surface area (TPSA) is 56.1 Å². The third kappa shape index (κ3) is 2.35. The molecule has 1 aromatic carbocycles. The number of carbonyl (C=O) groups is 1. The number of carbonyl (C=O) groups excluding carboxylic acids is 1. The van der Waals surface area contributed by atoms with Crippen LogP contribution in [0.1, 0.15) is 38.1 Å². The van der Waals surface area contributed by atoms with Gasteiger partial charge in [0, 0.05) is 17.6 Å². The normalized spacial score (nSPS) is 16.2. The van der Waals surface area contributed by atoms with Gasteiger partial charge >= 0.3 is 0 Å². The summed E-state index contributed by atoms with van der Waals surface area (Å²) in [4.78, 5) is 10.6. The zero-order valence-electron chi connectivity index (χ0n) is 11.6. The fraction of sp³-hybridized carbons (Fsp3) is 0.467. The van der Waals surface area contributed by atoms with Gasteiger partial charge in [-0.15, -0.1) is 0 Å². The lowest BCUT2D eigenvalue weighted by atomic mass is 9.96. The van der Waals surface area contributed by atoms with Crippen LogP contribution >= 0.6 is 0 Å². The number of fused-ring (bicyclic) bond motifs is 1. The van der Waals surface area contributed by atoms with E-state index in [4.69, 9.17) is 4.74 Å². The maximum atomic E-state index is 10.6. The van der Waals surface area contributed by atoms with Crippen molar-refractivity contribution in [1.29, 1.82) is 0 Å². The van der Waals surface area contributed by atoms with Crippen molar-refractivity contribution >= 4 is 23.0 Å². The first-order chi connectivity index (χ1) is 9.81. The number of nitrogens with one attached hydrogen (secondary N) is 1. The highest BCUT2D eigenvalue weighted by Crippen LogP contribution is 2.32. The fourth-order valence-corrected chi connectivity index (χ4v) is 2.95. The Morgan fingerprint density at radius 2 is 2.15 bits per heavy atom. The minimum absolute atomic E-state index is 0.504. The van der Waals surface area contributed by atoms with Crippen molar-refractivity contribution in [3.05, 3.63) is 18.3 Å². The number of methoxy groups -OCH3 is 1. The van der Waals surface area contributed by atoms with Gasteiger partial charge in [-0.1, -0.05) is 19.3 Å². The van der Waals surface area contributed by atoms with E-state index in [9.17, 15) is 4.79 Å². The Kier molecular flexibility index (Phi) is 3.58. The summed E-state index contributed by atoms with van der Waals surface area (Å²) in [5, 5.41) is 8.36. The van der Waals surface area contributed by atoms with E-state index in [0.29, 0.717) is 23.9 Å². The average Bonchev–Trinajstić information content (AvgIpc) is 2.90. The maximum Gasteiger partial charge on any atom is 0.211 e. The monoisotopic (exact) mass is 273 g/mol. The van der Waals surface area contributed by atoms with Gasteiger partial charge in [0.1, 0.15) is 5.75 Å². The first-order valence-electron chi connectivity index (χ1n) is 7.09. The first kappa shape index (κ1) is 13.0. The highest BCUT2D eigenvalue weighted by Gasteiger charge is 2.17. The molecule has 2 aromatic rings. The van der Waals surface area contributed by atoms with Gasteiger partial charge in [0.05, 0.1) is 24.4 Å². The molecule has 106 valence electrons. The first-order valence-corrected chi connectivity index (χ1v) is 7.09. The summed E-state index contributed by atoms with van der Waals surface area (Å²) in [7, 11) is 1.59. The number of aromatic nitrogens is 2. The standard InChI is InChI=1S/C15H19N3O2/c1-20-15-8-13-11(7-14(15)16-10-19)9-18(17-13)12-5-3-2-4-6-12/h7-10,12H,2-6H2,1H3,(H,16,19).